The first-order chi connectivity index (χ1) is 13.1. The Hall–Kier alpha value is -2.08. The van der Waals surface area contributed by atoms with Gasteiger partial charge in [-0.15, -0.1) is 0 Å². The highest BCUT2D eigenvalue weighted by atomic mass is 19.2. The Kier molecular flexibility index (Phi) is 3.93. The Morgan fingerprint density at radius 2 is 1.81 bits per heavy atom. The summed E-state index contributed by atoms with van der Waals surface area (Å²) in [6.45, 7) is 6.81. The number of anilines is 1. The lowest BCUT2D eigenvalue weighted by molar-refractivity contribution is 0.0349. The van der Waals surface area contributed by atoms with Crippen LogP contribution in [0.4, 0.5) is 14.6 Å². The Morgan fingerprint density at radius 3 is 2.59 bits per heavy atom. The van der Waals surface area contributed by atoms with E-state index in [0.717, 1.165) is 30.2 Å². The van der Waals surface area contributed by atoms with Crippen molar-refractivity contribution in [3.05, 3.63) is 53.0 Å². The lowest BCUT2D eigenvalue weighted by atomic mass is 9.75. The molecule has 0 unspecified atom stereocenters. The van der Waals surface area contributed by atoms with Gasteiger partial charge in [-0.05, 0) is 57.3 Å². The zero-order chi connectivity index (χ0) is 18.7. The van der Waals surface area contributed by atoms with Gasteiger partial charge in [0.15, 0.2) is 11.6 Å². The number of halogens is 2. The Morgan fingerprint density at radius 1 is 1.04 bits per heavy atom. The molecule has 5 heterocycles. The summed E-state index contributed by atoms with van der Waals surface area (Å²) in [6.07, 6.45) is 3.95. The van der Waals surface area contributed by atoms with Crippen LogP contribution in [-0.4, -0.2) is 46.6 Å². The van der Waals surface area contributed by atoms with Gasteiger partial charge >= 0.3 is 0 Å². The maximum atomic E-state index is 14.7. The zero-order valence-corrected chi connectivity index (χ0v) is 15.7. The number of hydrogen-bond acceptors (Lipinski definition) is 4. The van der Waals surface area contributed by atoms with E-state index in [9.17, 15) is 8.78 Å². The molecule has 0 amide bonds. The highest BCUT2D eigenvalue weighted by Gasteiger charge is 2.54. The Bertz CT molecular complexity index is 807. The van der Waals surface area contributed by atoms with E-state index in [0.29, 0.717) is 24.1 Å². The molecule has 142 valence electrons. The summed E-state index contributed by atoms with van der Waals surface area (Å²) >= 11 is 0. The van der Waals surface area contributed by atoms with Crippen molar-refractivity contribution in [3.63, 3.8) is 0 Å². The second kappa shape index (κ2) is 6.23. The summed E-state index contributed by atoms with van der Waals surface area (Å²) < 4.78 is 28.6. The van der Waals surface area contributed by atoms with Gasteiger partial charge in [-0.25, -0.2) is 18.7 Å². The fourth-order valence-corrected chi connectivity index (χ4v) is 5.56. The SMILES string of the molecule is Cc1ncnc(N2C[C@@H](c3cccc(F)c3F)[C@@H]3[C@H]2C2CCN3CC2)c1C. The molecule has 6 rings (SSSR count). The topological polar surface area (TPSA) is 32.3 Å². The van der Waals surface area contributed by atoms with Crippen molar-refractivity contribution in [1.82, 2.24) is 14.9 Å². The number of nitrogens with zero attached hydrogens (tertiary/aromatic N) is 4. The van der Waals surface area contributed by atoms with Crippen LogP contribution in [0.5, 0.6) is 0 Å². The molecule has 0 N–H and O–H groups in total. The molecule has 3 atom stereocenters. The number of benzene rings is 1. The summed E-state index contributed by atoms with van der Waals surface area (Å²) in [4.78, 5) is 13.8. The predicted molar refractivity (Wildman–Crippen MR) is 99.8 cm³/mol. The van der Waals surface area contributed by atoms with Gasteiger partial charge in [0.2, 0.25) is 0 Å². The van der Waals surface area contributed by atoms with E-state index >= 15 is 0 Å². The maximum Gasteiger partial charge on any atom is 0.162 e. The van der Waals surface area contributed by atoms with E-state index in [1.165, 1.54) is 18.9 Å². The first-order valence-corrected chi connectivity index (χ1v) is 9.79. The Balaban J connectivity index is 1.62. The molecule has 4 nitrogen and oxygen atoms in total. The second-order valence-corrected chi connectivity index (χ2v) is 8.16. The summed E-state index contributed by atoms with van der Waals surface area (Å²) in [6, 6.07) is 5.10. The first kappa shape index (κ1) is 17.0. The number of piperidine rings is 3. The van der Waals surface area contributed by atoms with Crippen molar-refractivity contribution in [3.8, 4) is 0 Å². The number of hydrogen-bond donors (Lipinski definition) is 0. The lowest BCUT2D eigenvalue weighted by Gasteiger charge is -2.51. The van der Waals surface area contributed by atoms with Gasteiger partial charge in [0.1, 0.15) is 12.1 Å². The number of fused-ring (bicyclic) bond motifs is 2. The predicted octanol–water partition coefficient (Wildman–Crippen LogP) is 3.44. The molecule has 0 aliphatic carbocycles. The van der Waals surface area contributed by atoms with Crippen LogP contribution in [0.25, 0.3) is 0 Å². The van der Waals surface area contributed by atoms with E-state index in [4.69, 9.17) is 0 Å². The molecule has 27 heavy (non-hydrogen) atoms. The quantitative estimate of drug-likeness (QED) is 0.811. The fourth-order valence-electron chi connectivity index (χ4n) is 5.56. The van der Waals surface area contributed by atoms with Crippen LogP contribution in [0.1, 0.15) is 35.6 Å². The van der Waals surface area contributed by atoms with Gasteiger partial charge in [0, 0.05) is 35.8 Å². The minimum absolute atomic E-state index is 0.0523. The van der Waals surface area contributed by atoms with E-state index < -0.39 is 11.6 Å². The van der Waals surface area contributed by atoms with Crippen LogP contribution >= 0.6 is 0 Å². The molecule has 0 saturated carbocycles. The molecule has 2 aromatic rings. The van der Waals surface area contributed by atoms with Crippen molar-refractivity contribution in [2.24, 2.45) is 5.92 Å². The summed E-state index contributed by atoms with van der Waals surface area (Å²) in [5.74, 6) is 0.0270. The standard InChI is InChI=1S/C21H24F2N4/c1-12-13(2)24-11-25-21(12)27-10-16(15-4-3-5-17(22)18(15)23)20-19(27)14-6-8-26(20)9-7-14/h3-5,11,14,16,19-20H,6-10H2,1-2H3/t16-,19+,20+/m0/s1. The van der Waals surface area contributed by atoms with Crippen LogP contribution in [0.2, 0.25) is 0 Å². The fraction of sp³-hybridized carbons (Fsp3) is 0.524. The summed E-state index contributed by atoms with van der Waals surface area (Å²) in [7, 11) is 0. The van der Waals surface area contributed by atoms with Crippen molar-refractivity contribution < 1.29 is 8.78 Å². The van der Waals surface area contributed by atoms with Crippen molar-refractivity contribution in [2.45, 2.75) is 44.7 Å². The molecule has 0 radical (unpaired) electrons. The summed E-state index contributed by atoms with van der Waals surface area (Å²) in [5, 5.41) is 0. The van der Waals surface area contributed by atoms with Crippen molar-refractivity contribution >= 4 is 5.82 Å². The molecule has 4 aliphatic rings. The number of aromatic nitrogens is 2. The van der Waals surface area contributed by atoms with Crippen LogP contribution in [0.3, 0.4) is 0 Å². The van der Waals surface area contributed by atoms with E-state index in [-0.39, 0.29) is 12.0 Å². The molecular weight excluding hydrogens is 346 g/mol. The van der Waals surface area contributed by atoms with Crippen molar-refractivity contribution in [2.75, 3.05) is 24.5 Å². The highest BCUT2D eigenvalue weighted by molar-refractivity contribution is 5.52. The van der Waals surface area contributed by atoms with Gasteiger partial charge in [-0.3, -0.25) is 4.90 Å². The normalized spacial score (nSPS) is 32.0. The van der Waals surface area contributed by atoms with Gasteiger partial charge in [0.05, 0.1) is 0 Å². The summed E-state index contributed by atoms with van der Waals surface area (Å²) in [5.41, 5.74) is 2.55. The minimum Gasteiger partial charge on any atom is -0.351 e. The molecular formula is C21H24F2N4. The third-order valence-corrected chi connectivity index (χ3v) is 6.96. The van der Waals surface area contributed by atoms with Gasteiger partial charge < -0.3 is 4.90 Å². The average molecular weight is 370 g/mol. The molecule has 4 saturated heterocycles. The van der Waals surface area contributed by atoms with Crippen LogP contribution in [-0.2, 0) is 0 Å². The van der Waals surface area contributed by atoms with E-state index in [1.54, 1.807) is 18.5 Å². The van der Waals surface area contributed by atoms with E-state index in [1.807, 2.05) is 6.92 Å². The molecule has 4 aliphatic heterocycles. The molecule has 1 aromatic heterocycles. The monoisotopic (exact) mass is 370 g/mol. The molecule has 1 aromatic carbocycles. The maximum absolute atomic E-state index is 14.7. The second-order valence-electron chi connectivity index (χ2n) is 8.16. The highest BCUT2D eigenvalue weighted by Crippen LogP contribution is 2.48. The van der Waals surface area contributed by atoms with Crippen LogP contribution in [0.15, 0.2) is 24.5 Å². The van der Waals surface area contributed by atoms with Crippen molar-refractivity contribution in [1.29, 1.82) is 0 Å². The Labute approximate surface area is 158 Å². The van der Waals surface area contributed by atoms with Crippen LogP contribution < -0.4 is 4.90 Å². The van der Waals surface area contributed by atoms with E-state index in [2.05, 4.69) is 26.7 Å². The van der Waals surface area contributed by atoms with Gasteiger partial charge in [-0.1, -0.05) is 12.1 Å². The number of rotatable bonds is 2. The largest absolute Gasteiger partial charge is 0.351 e. The smallest absolute Gasteiger partial charge is 0.162 e. The minimum atomic E-state index is -0.757. The lowest BCUT2D eigenvalue weighted by Crippen LogP contribution is -2.60. The average Bonchev–Trinajstić information content (AvgIpc) is 3.09. The van der Waals surface area contributed by atoms with Crippen LogP contribution in [0, 0.1) is 31.4 Å². The third-order valence-electron chi connectivity index (χ3n) is 6.96. The van der Waals surface area contributed by atoms with Gasteiger partial charge in [0.25, 0.3) is 0 Å². The number of aryl methyl sites for hydroxylation is 1. The molecule has 6 heteroatoms. The molecule has 0 spiro atoms. The molecule has 4 fully saturated rings. The first-order valence-electron chi connectivity index (χ1n) is 9.79. The van der Waals surface area contributed by atoms with Gasteiger partial charge in [-0.2, -0.15) is 0 Å². The third kappa shape index (κ3) is 2.49. The molecule has 2 bridgehead atoms. The zero-order valence-electron chi connectivity index (χ0n) is 15.7.